The lowest BCUT2D eigenvalue weighted by atomic mass is 10.2. The maximum Gasteiger partial charge on any atom is 0.243 e. The molecule has 23 heavy (non-hydrogen) atoms. The summed E-state index contributed by atoms with van der Waals surface area (Å²) in [5.74, 6) is 0.280. The standard InChI is InChI=1S/C16H22N6O/c1-12-9-19-21(10-12)11-14-5-3-8-22(14)13(2)15(23)20-16-17-6-4-7-18-16/h4,6-7,9-10,13-14H,3,5,8,11H2,1-2H3,(H,17,18,20,23)/t13-,14+/m0/s1. The first kappa shape index (κ1) is 15.6. The van der Waals surface area contributed by atoms with Crippen molar-refractivity contribution in [3.05, 3.63) is 36.4 Å². The number of nitrogens with one attached hydrogen (secondary N) is 1. The third-order valence-electron chi connectivity index (χ3n) is 4.26. The second kappa shape index (κ2) is 6.87. The van der Waals surface area contributed by atoms with Gasteiger partial charge in [-0.25, -0.2) is 9.97 Å². The van der Waals surface area contributed by atoms with Crippen LogP contribution < -0.4 is 5.32 Å². The lowest BCUT2D eigenvalue weighted by Gasteiger charge is -2.29. The van der Waals surface area contributed by atoms with Gasteiger partial charge in [0, 0.05) is 24.6 Å². The molecule has 0 spiro atoms. The zero-order valence-corrected chi connectivity index (χ0v) is 13.5. The van der Waals surface area contributed by atoms with Gasteiger partial charge in [0.15, 0.2) is 0 Å². The highest BCUT2D eigenvalue weighted by atomic mass is 16.2. The molecule has 7 nitrogen and oxygen atoms in total. The highest BCUT2D eigenvalue weighted by Gasteiger charge is 2.32. The average molecular weight is 314 g/mol. The molecule has 1 fully saturated rings. The predicted octanol–water partition coefficient (Wildman–Crippen LogP) is 1.47. The Morgan fingerprint density at radius 1 is 1.43 bits per heavy atom. The molecule has 1 aliphatic heterocycles. The molecule has 7 heteroatoms. The third kappa shape index (κ3) is 3.73. The van der Waals surface area contributed by atoms with Crippen LogP contribution in [0, 0.1) is 6.92 Å². The van der Waals surface area contributed by atoms with Crippen LogP contribution in [0.1, 0.15) is 25.3 Å². The summed E-state index contributed by atoms with van der Waals surface area (Å²) in [6, 6.07) is 1.83. The van der Waals surface area contributed by atoms with E-state index in [0.29, 0.717) is 12.0 Å². The smallest absolute Gasteiger partial charge is 0.243 e. The van der Waals surface area contributed by atoms with Gasteiger partial charge in [0.2, 0.25) is 11.9 Å². The Morgan fingerprint density at radius 3 is 2.91 bits per heavy atom. The molecule has 1 saturated heterocycles. The van der Waals surface area contributed by atoms with Gasteiger partial charge in [0.05, 0.1) is 18.8 Å². The minimum absolute atomic E-state index is 0.0697. The Balaban J connectivity index is 1.63. The lowest BCUT2D eigenvalue weighted by Crippen LogP contribution is -2.46. The molecule has 3 rings (SSSR count). The number of likely N-dealkylation sites (tertiary alicyclic amines) is 1. The van der Waals surface area contributed by atoms with E-state index < -0.39 is 0 Å². The fourth-order valence-electron chi connectivity index (χ4n) is 3.08. The summed E-state index contributed by atoms with van der Waals surface area (Å²) in [6.07, 6.45) is 9.32. The molecule has 2 aromatic rings. The minimum Gasteiger partial charge on any atom is -0.293 e. The normalized spacial score (nSPS) is 19.7. The van der Waals surface area contributed by atoms with E-state index in [1.165, 1.54) is 0 Å². The van der Waals surface area contributed by atoms with Gasteiger partial charge in [0.1, 0.15) is 0 Å². The molecule has 3 heterocycles. The number of rotatable bonds is 5. The summed E-state index contributed by atoms with van der Waals surface area (Å²) in [7, 11) is 0. The van der Waals surface area contributed by atoms with Crippen LogP contribution in [0.2, 0.25) is 0 Å². The molecule has 0 aliphatic carbocycles. The van der Waals surface area contributed by atoms with Crippen LogP contribution in [-0.2, 0) is 11.3 Å². The second-order valence-electron chi connectivity index (χ2n) is 6.01. The van der Waals surface area contributed by atoms with Crippen molar-refractivity contribution in [1.29, 1.82) is 0 Å². The second-order valence-corrected chi connectivity index (χ2v) is 6.01. The van der Waals surface area contributed by atoms with Gasteiger partial charge in [-0.1, -0.05) is 0 Å². The number of carbonyl (C=O) groups excluding carboxylic acids is 1. The van der Waals surface area contributed by atoms with Crippen molar-refractivity contribution in [1.82, 2.24) is 24.6 Å². The zero-order valence-electron chi connectivity index (χ0n) is 13.5. The van der Waals surface area contributed by atoms with Crippen molar-refractivity contribution >= 4 is 11.9 Å². The van der Waals surface area contributed by atoms with E-state index >= 15 is 0 Å². The number of hydrogen-bond acceptors (Lipinski definition) is 5. The molecule has 2 aromatic heterocycles. The highest BCUT2D eigenvalue weighted by Crippen LogP contribution is 2.22. The monoisotopic (exact) mass is 314 g/mol. The molecule has 0 unspecified atom stereocenters. The summed E-state index contributed by atoms with van der Waals surface area (Å²) in [5, 5.41) is 7.14. The number of amides is 1. The number of anilines is 1. The molecule has 0 radical (unpaired) electrons. The van der Waals surface area contributed by atoms with Crippen molar-refractivity contribution in [2.24, 2.45) is 0 Å². The van der Waals surface area contributed by atoms with E-state index in [4.69, 9.17) is 0 Å². The zero-order chi connectivity index (χ0) is 16.2. The Bertz CT molecular complexity index is 656. The first-order valence-electron chi connectivity index (χ1n) is 7.96. The lowest BCUT2D eigenvalue weighted by molar-refractivity contribution is -0.121. The van der Waals surface area contributed by atoms with Crippen LogP contribution in [0.4, 0.5) is 5.95 Å². The SMILES string of the molecule is Cc1cnn(C[C@H]2CCCN2[C@@H](C)C(=O)Nc2ncccn2)c1. The number of aromatic nitrogens is 4. The first-order chi connectivity index (χ1) is 11.1. The average Bonchev–Trinajstić information content (AvgIpc) is 3.17. The molecule has 0 saturated carbocycles. The van der Waals surface area contributed by atoms with Gasteiger partial charge in [0.25, 0.3) is 0 Å². The van der Waals surface area contributed by atoms with Crippen molar-refractivity contribution in [2.75, 3.05) is 11.9 Å². The van der Waals surface area contributed by atoms with Crippen LogP contribution >= 0.6 is 0 Å². The van der Waals surface area contributed by atoms with Crippen LogP contribution in [-0.4, -0.2) is 49.2 Å². The van der Waals surface area contributed by atoms with E-state index in [0.717, 1.165) is 31.5 Å². The van der Waals surface area contributed by atoms with Crippen LogP contribution in [0.5, 0.6) is 0 Å². The van der Waals surface area contributed by atoms with E-state index in [9.17, 15) is 4.79 Å². The fraction of sp³-hybridized carbons (Fsp3) is 0.500. The number of hydrogen-bond donors (Lipinski definition) is 1. The molecule has 1 amide bonds. The van der Waals surface area contributed by atoms with Gasteiger partial charge in [-0.05, 0) is 44.9 Å². The molecular formula is C16H22N6O. The van der Waals surface area contributed by atoms with Crippen molar-refractivity contribution in [2.45, 2.75) is 45.3 Å². The van der Waals surface area contributed by atoms with Gasteiger partial charge in [-0.15, -0.1) is 0 Å². The molecule has 1 aliphatic rings. The Hall–Kier alpha value is -2.28. The summed E-state index contributed by atoms with van der Waals surface area (Å²) >= 11 is 0. The maximum atomic E-state index is 12.4. The molecule has 0 aromatic carbocycles. The topological polar surface area (TPSA) is 75.9 Å². The molecule has 0 bridgehead atoms. The van der Waals surface area contributed by atoms with Gasteiger partial charge in [-0.2, -0.15) is 5.10 Å². The number of aryl methyl sites for hydroxylation is 1. The largest absolute Gasteiger partial charge is 0.293 e. The van der Waals surface area contributed by atoms with Crippen molar-refractivity contribution < 1.29 is 4.79 Å². The van der Waals surface area contributed by atoms with Gasteiger partial charge in [-0.3, -0.25) is 19.7 Å². The third-order valence-corrected chi connectivity index (χ3v) is 4.26. The van der Waals surface area contributed by atoms with E-state index in [2.05, 4.69) is 25.3 Å². The molecule has 1 N–H and O–H groups in total. The number of carbonyl (C=O) groups is 1. The van der Waals surface area contributed by atoms with Crippen molar-refractivity contribution in [3.8, 4) is 0 Å². The van der Waals surface area contributed by atoms with Gasteiger partial charge >= 0.3 is 0 Å². The molecule has 122 valence electrons. The van der Waals surface area contributed by atoms with Crippen molar-refractivity contribution in [3.63, 3.8) is 0 Å². The summed E-state index contributed by atoms with van der Waals surface area (Å²) in [6.45, 7) is 5.71. The first-order valence-corrected chi connectivity index (χ1v) is 7.96. The predicted molar refractivity (Wildman–Crippen MR) is 86.8 cm³/mol. The Labute approximate surface area is 135 Å². The molecule has 2 atom stereocenters. The van der Waals surface area contributed by atoms with Crippen LogP contribution in [0.15, 0.2) is 30.9 Å². The number of nitrogens with zero attached hydrogens (tertiary/aromatic N) is 5. The summed E-state index contributed by atoms with van der Waals surface area (Å²) in [4.78, 5) is 22.8. The summed E-state index contributed by atoms with van der Waals surface area (Å²) < 4.78 is 1.96. The highest BCUT2D eigenvalue weighted by molar-refractivity contribution is 5.93. The minimum atomic E-state index is -0.219. The van der Waals surface area contributed by atoms with E-state index in [-0.39, 0.29) is 11.9 Å². The van der Waals surface area contributed by atoms with Gasteiger partial charge < -0.3 is 0 Å². The Morgan fingerprint density at radius 2 is 2.22 bits per heavy atom. The van der Waals surface area contributed by atoms with E-state index in [1.54, 1.807) is 18.5 Å². The quantitative estimate of drug-likeness (QED) is 0.904. The van der Waals surface area contributed by atoms with E-state index in [1.807, 2.05) is 30.9 Å². The summed E-state index contributed by atoms with van der Waals surface area (Å²) in [5.41, 5.74) is 1.15. The Kier molecular flexibility index (Phi) is 4.66. The maximum absolute atomic E-state index is 12.4. The van der Waals surface area contributed by atoms with Crippen LogP contribution in [0.3, 0.4) is 0 Å². The fourth-order valence-corrected chi connectivity index (χ4v) is 3.08. The molecular weight excluding hydrogens is 292 g/mol. The van der Waals surface area contributed by atoms with Crippen LogP contribution in [0.25, 0.3) is 0 Å².